The highest BCUT2D eigenvalue weighted by atomic mass is 79.9. The molecule has 0 aromatic carbocycles. The number of aromatic hydroxyl groups is 1. The highest BCUT2D eigenvalue weighted by molar-refractivity contribution is 9.10. The Hall–Kier alpha value is -1.08. The molecule has 0 atom stereocenters. The molecule has 3 nitrogen and oxygen atoms in total. The van der Waals surface area contributed by atoms with Crippen LogP contribution in [0.25, 0.3) is 0 Å². The lowest BCUT2D eigenvalue weighted by Crippen LogP contribution is -1.81. The maximum absolute atomic E-state index is 8.98. The lowest BCUT2D eigenvalue weighted by atomic mass is 10.3. The Kier molecular flexibility index (Phi) is 1.88. The zero-order chi connectivity index (χ0) is 7.56. The van der Waals surface area contributed by atoms with E-state index in [-0.39, 0.29) is 11.4 Å². The van der Waals surface area contributed by atoms with Crippen LogP contribution in [-0.2, 0) is 0 Å². The van der Waals surface area contributed by atoms with E-state index in [0.717, 1.165) is 0 Å². The highest BCUT2D eigenvalue weighted by Crippen LogP contribution is 2.18. The van der Waals surface area contributed by atoms with Gasteiger partial charge in [-0.3, -0.25) is 0 Å². The van der Waals surface area contributed by atoms with Gasteiger partial charge in [0.25, 0.3) is 0 Å². The van der Waals surface area contributed by atoms with Crippen molar-refractivity contribution in [3.8, 4) is 11.8 Å². The van der Waals surface area contributed by atoms with Crippen LogP contribution in [0.2, 0.25) is 0 Å². The molecule has 0 saturated carbocycles. The van der Waals surface area contributed by atoms with Crippen LogP contribution in [0.15, 0.2) is 16.7 Å². The largest absolute Gasteiger partial charge is 0.505 e. The molecule has 1 heterocycles. The van der Waals surface area contributed by atoms with Crippen molar-refractivity contribution in [1.29, 1.82) is 5.26 Å². The SMILES string of the molecule is N#Cc1ncc(Br)cc1O. The molecule has 0 spiro atoms. The van der Waals surface area contributed by atoms with Crippen molar-refractivity contribution < 1.29 is 5.11 Å². The average Bonchev–Trinajstić information content (AvgIpc) is 1.88. The Balaban J connectivity index is 3.23. The van der Waals surface area contributed by atoms with E-state index in [1.54, 1.807) is 6.07 Å². The zero-order valence-electron chi connectivity index (χ0n) is 4.87. The summed E-state index contributed by atoms with van der Waals surface area (Å²) in [6.45, 7) is 0. The summed E-state index contributed by atoms with van der Waals surface area (Å²) in [5.74, 6) is -0.100. The molecule has 0 unspecified atom stereocenters. The van der Waals surface area contributed by atoms with Gasteiger partial charge >= 0.3 is 0 Å². The van der Waals surface area contributed by atoms with Gasteiger partial charge in [0.15, 0.2) is 11.4 Å². The zero-order valence-corrected chi connectivity index (χ0v) is 6.46. The fourth-order valence-electron chi connectivity index (χ4n) is 0.515. The molecular formula is C6H3BrN2O. The Morgan fingerprint density at radius 3 is 2.90 bits per heavy atom. The maximum atomic E-state index is 8.98. The quantitative estimate of drug-likeness (QED) is 0.687. The molecule has 1 rings (SSSR count). The molecule has 0 aliphatic heterocycles. The second-order valence-electron chi connectivity index (χ2n) is 1.63. The standard InChI is InChI=1S/C6H3BrN2O/c7-4-1-6(10)5(2-8)9-3-4/h1,3,10H. The summed E-state index contributed by atoms with van der Waals surface area (Å²) in [6, 6.07) is 3.16. The predicted octanol–water partition coefficient (Wildman–Crippen LogP) is 1.42. The second kappa shape index (κ2) is 2.67. The van der Waals surface area contributed by atoms with Gasteiger partial charge in [-0.15, -0.1) is 0 Å². The average molecular weight is 199 g/mol. The van der Waals surface area contributed by atoms with Crippen molar-refractivity contribution in [2.24, 2.45) is 0 Å². The van der Waals surface area contributed by atoms with E-state index in [1.165, 1.54) is 12.3 Å². The van der Waals surface area contributed by atoms with E-state index >= 15 is 0 Å². The van der Waals surface area contributed by atoms with Crippen LogP contribution < -0.4 is 0 Å². The molecule has 1 N–H and O–H groups in total. The number of nitrogens with zero attached hydrogens (tertiary/aromatic N) is 2. The molecule has 0 saturated heterocycles. The van der Waals surface area contributed by atoms with Gasteiger partial charge in [-0.05, 0) is 22.0 Å². The summed E-state index contributed by atoms with van der Waals surface area (Å²) >= 11 is 3.09. The van der Waals surface area contributed by atoms with Crippen LogP contribution in [0.4, 0.5) is 0 Å². The molecule has 0 fully saturated rings. The van der Waals surface area contributed by atoms with Crippen molar-refractivity contribution in [1.82, 2.24) is 4.98 Å². The minimum atomic E-state index is -0.100. The minimum absolute atomic E-state index is 0.0446. The third kappa shape index (κ3) is 1.25. The summed E-state index contributed by atoms with van der Waals surface area (Å²) in [5, 5.41) is 17.3. The Morgan fingerprint density at radius 2 is 2.40 bits per heavy atom. The van der Waals surface area contributed by atoms with Gasteiger partial charge in [0.1, 0.15) is 6.07 Å². The van der Waals surface area contributed by atoms with Crippen LogP contribution in [0.3, 0.4) is 0 Å². The van der Waals surface area contributed by atoms with E-state index in [1.807, 2.05) is 0 Å². The van der Waals surface area contributed by atoms with Gasteiger partial charge in [-0.2, -0.15) is 5.26 Å². The van der Waals surface area contributed by atoms with Crippen LogP contribution in [-0.4, -0.2) is 10.1 Å². The summed E-state index contributed by atoms with van der Waals surface area (Å²) in [4.78, 5) is 3.64. The molecule has 0 radical (unpaired) electrons. The van der Waals surface area contributed by atoms with Gasteiger partial charge < -0.3 is 5.11 Å². The smallest absolute Gasteiger partial charge is 0.182 e. The van der Waals surface area contributed by atoms with Crippen molar-refractivity contribution in [2.45, 2.75) is 0 Å². The van der Waals surface area contributed by atoms with Gasteiger partial charge in [0.05, 0.1) is 0 Å². The highest BCUT2D eigenvalue weighted by Gasteiger charge is 1.99. The van der Waals surface area contributed by atoms with E-state index in [4.69, 9.17) is 10.4 Å². The Bertz CT molecular complexity index is 292. The first-order valence-electron chi connectivity index (χ1n) is 2.48. The number of hydrogen-bond acceptors (Lipinski definition) is 3. The normalized spacial score (nSPS) is 8.80. The summed E-state index contributed by atoms with van der Waals surface area (Å²) in [7, 11) is 0. The number of nitriles is 1. The molecule has 1 aromatic rings. The van der Waals surface area contributed by atoms with Crippen molar-refractivity contribution in [3.63, 3.8) is 0 Å². The first kappa shape index (κ1) is 7.03. The third-order valence-electron chi connectivity index (χ3n) is 0.940. The molecule has 0 amide bonds. The molecular weight excluding hydrogens is 196 g/mol. The maximum Gasteiger partial charge on any atom is 0.182 e. The minimum Gasteiger partial charge on any atom is -0.505 e. The summed E-state index contributed by atoms with van der Waals surface area (Å²) in [6.07, 6.45) is 1.46. The fraction of sp³-hybridized carbons (Fsp3) is 0. The second-order valence-corrected chi connectivity index (χ2v) is 2.55. The lowest BCUT2D eigenvalue weighted by Gasteiger charge is -1.92. The van der Waals surface area contributed by atoms with Crippen molar-refractivity contribution in [2.75, 3.05) is 0 Å². The number of rotatable bonds is 0. The Morgan fingerprint density at radius 1 is 1.70 bits per heavy atom. The molecule has 50 valence electrons. The van der Waals surface area contributed by atoms with Crippen LogP contribution in [0.1, 0.15) is 5.69 Å². The van der Waals surface area contributed by atoms with Crippen molar-refractivity contribution >= 4 is 15.9 Å². The van der Waals surface area contributed by atoms with E-state index in [2.05, 4.69) is 20.9 Å². The van der Waals surface area contributed by atoms with E-state index in [0.29, 0.717) is 4.47 Å². The Labute approximate surface area is 66.1 Å². The summed E-state index contributed by atoms with van der Waals surface area (Å²) in [5.41, 5.74) is 0.0446. The number of aromatic nitrogens is 1. The van der Waals surface area contributed by atoms with Crippen molar-refractivity contribution in [3.05, 3.63) is 22.4 Å². The molecule has 0 aliphatic rings. The monoisotopic (exact) mass is 198 g/mol. The van der Waals surface area contributed by atoms with Crippen LogP contribution in [0, 0.1) is 11.3 Å². The third-order valence-corrected chi connectivity index (χ3v) is 1.37. The number of hydrogen-bond donors (Lipinski definition) is 1. The molecule has 1 aromatic heterocycles. The molecule has 0 bridgehead atoms. The fourth-order valence-corrected chi connectivity index (χ4v) is 0.834. The van der Waals surface area contributed by atoms with E-state index < -0.39 is 0 Å². The first-order valence-corrected chi connectivity index (χ1v) is 3.28. The lowest BCUT2D eigenvalue weighted by molar-refractivity contribution is 0.470. The van der Waals surface area contributed by atoms with Gasteiger partial charge in [0.2, 0.25) is 0 Å². The topological polar surface area (TPSA) is 56.9 Å². The summed E-state index contributed by atoms with van der Waals surface area (Å²) < 4.78 is 0.656. The predicted molar refractivity (Wildman–Crippen MR) is 38.3 cm³/mol. The molecule has 0 aliphatic carbocycles. The molecule has 10 heavy (non-hydrogen) atoms. The van der Waals surface area contributed by atoms with Crippen LogP contribution >= 0.6 is 15.9 Å². The number of halogens is 1. The first-order chi connectivity index (χ1) is 4.74. The van der Waals surface area contributed by atoms with Crippen LogP contribution in [0.5, 0.6) is 5.75 Å². The molecule has 4 heteroatoms. The van der Waals surface area contributed by atoms with Gasteiger partial charge in [-0.25, -0.2) is 4.98 Å². The van der Waals surface area contributed by atoms with Gasteiger partial charge in [-0.1, -0.05) is 0 Å². The van der Waals surface area contributed by atoms with Gasteiger partial charge in [0, 0.05) is 10.7 Å². The van der Waals surface area contributed by atoms with E-state index in [9.17, 15) is 0 Å². The number of pyridine rings is 1.